The second-order valence-electron chi connectivity index (χ2n) is 6.18. The molecular weight excluding hydrogens is 258 g/mol. The van der Waals surface area contributed by atoms with Crippen molar-refractivity contribution < 1.29 is 8.42 Å². The number of halogens is 1. The third-order valence-electron chi connectivity index (χ3n) is 3.25. The lowest BCUT2D eigenvalue weighted by Crippen LogP contribution is -2.33. The van der Waals surface area contributed by atoms with Crippen molar-refractivity contribution in [1.82, 2.24) is 4.72 Å². The molecule has 0 radical (unpaired) electrons. The minimum absolute atomic E-state index is 0.0527. The molecule has 3 nitrogen and oxygen atoms in total. The maximum absolute atomic E-state index is 11.8. The molecule has 0 aromatic carbocycles. The molecule has 1 fully saturated rings. The van der Waals surface area contributed by atoms with Gasteiger partial charge in [0.2, 0.25) is 10.0 Å². The summed E-state index contributed by atoms with van der Waals surface area (Å²) in [5.74, 6) is 0.511. The van der Waals surface area contributed by atoms with Gasteiger partial charge in [0.25, 0.3) is 0 Å². The van der Waals surface area contributed by atoms with E-state index in [2.05, 4.69) is 4.72 Å². The summed E-state index contributed by atoms with van der Waals surface area (Å²) >= 11 is 6.12. The van der Waals surface area contributed by atoms with Gasteiger partial charge in [-0.2, -0.15) is 0 Å². The van der Waals surface area contributed by atoms with E-state index in [1.165, 1.54) is 0 Å². The molecule has 17 heavy (non-hydrogen) atoms. The molecule has 1 N–H and O–H groups in total. The summed E-state index contributed by atoms with van der Waals surface area (Å²) < 4.78 is 26.3. The first-order valence-corrected chi connectivity index (χ1v) is 8.40. The van der Waals surface area contributed by atoms with Crippen LogP contribution in [0.5, 0.6) is 0 Å². The van der Waals surface area contributed by atoms with Gasteiger partial charge in [-0.3, -0.25) is 0 Å². The molecular formula is C12H24ClNO2S. The molecule has 0 aromatic rings. The number of sulfonamides is 1. The molecule has 1 aliphatic rings. The molecule has 0 bridgehead atoms. The van der Waals surface area contributed by atoms with Crippen LogP contribution in [-0.2, 0) is 10.0 Å². The van der Waals surface area contributed by atoms with Gasteiger partial charge in [0.15, 0.2) is 0 Å². The van der Waals surface area contributed by atoms with Crippen molar-refractivity contribution in [2.24, 2.45) is 11.3 Å². The van der Waals surface area contributed by atoms with Crippen molar-refractivity contribution in [3.63, 3.8) is 0 Å². The minimum Gasteiger partial charge on any atom is -0.215 e. The highest BCUT2D eigenvalue weighted by atomic mass is 35.5. The third-order valence-corrected chi connectivity index (χ3v) is 5.18. The van der Waals surface area contributed by atoms with E-state index < -0.39 is 10.0 Å². The molecule has 5 heteroatoms. The average molecular weight is 282 g/mol. The van der Waals surface area contributed by atoms with Crippen molar-refractivity contribution >= 4 is 21.6 Å². The van der Waals surface area contributed by atoms with Gasteiger partial charge in [-0.15, -0.1) is 11.6 Å². The topological polar surface area (TPSA) is 46.2 Å². The largest absolute Gasteiger partial charge is 0.215 e. The van der Waals surface area contributed by atoms with Crippen molar-refractivity contribution in [2.75, 3.05) is 12.3 Å². The second-order valence-corrected chi connectivity index (χ2v) is 8.67. The maximum Gasteiger partial charge on any atom is 0.211 e. The summed E-state index contributed by atoms with van der Waals surface area (Å²) in [7, 11) is -3.13. The molecule has 0 amide bonds. The smallest absolute Gasteiger partial charge is 0.211 e. The predicted molar refractivity (Wildman–Crippen MR) is 72.8 cm³/mol. The zero-order chi connectivity index (χ0) is 13.1. The Balaban J connectivity index is 2.34. The Bertz CT molecular complexity index is 335. The SMILES string of the molecule is CC(C)(C)CCS(=O)(=O)NCC1CCCC1Cl. The van der Waals surface area contributed by atoms with Gasteiger partial charge < -0.3 is 0 Å². The third kappa shape index (κ3) is 6.07. The number of hydrogen-bond acceptors (Lipinski definition) is 2. The molecule has 1 saturated carbocycles. The Morgan fingerprint density at radius 2 is 1.94 bits per heavy atom. The van der Waals surface area contributed by atoms with Crippen LogP contribution < -0.4 is 4.72 Å². The molecule has 0 aliphatic heterocycles. The highest BCUT2D eigenvalue weighted by molar-refractivity contribution is 7.89. The predicted octanol–water partition coefficient (Wildman–Crippen LogP) is 2.75. The van der Waals surface area contributed by atoms with Crippen LogP contribution in [0.2, 0.25) is 0 Å². The average Bonchev–Trinajstić information content (AvgIpc) is 2.58. The fraction of sp³-hybridized carbons (Fsp3) is 1.00. The van der Waals surface area contributed by atoms with Gasteiger partial charge in [0, 0.05) is 11.9 Å². The van der Waals surface area contributed by atoms with Gasteiger partial charge in [0.05, 0.1) is 5.75 Å². The van der Waals surface area contributed by atoms with Crippen LogP contribution in [0.4, 0.5) is 0 Å². The van der Waals surface area contributed by atoms with Crippen molar-refractivity contribution in [3.8, 4) is 0 Å². The van der Waals surface area contributed by atoms with E-state index in [-0.39, 0.29) is 16.5 Å². The Labute approximate surface area is 110 Å². The lowest BCUT2D eigenvalue weighted by Gasteiger charge is -2.19. The monoisotopic (exact) mass is 281 g/mol. The first-order valence-electron chi connectivity index (χ1n) is 6.31. The van der Waals surface area contributed by atoms with Crippen molar-refractivity contribution in [2.45, 2.75) is 51.8 Å². The lowest BCUT2D eigenvalue weighted by molar-refractivity contribution is 0.396. The number of alkyl halides is 1. The zero-order valence-electron chi connectivity index (χ0n) is 11.0. The number of nitrogens with one attached hydrogen (secondary N) is 1. The molecule has 0 saturated heterocycles. The summed E-state index contributed by atoms with van der Waals surface area (Å²) in [5, 5.41) is 0.139. The Hall–Kier alpha value is 0.200. The highest BCUT2D eigenvalue weighted by Crippen LogP contribution is 2.29. The maximum atomic E-state index is 11.8. The summed E-state index contributed by atoms with van der Waals surface area (Å²) in [6.45, 7) is 6.65. The van der Waals surface area contributed by atoms with Gasteiger partial charge in [-0.05, 0) is 30.6 Å². The summed E-state index contributed by atoms with van der Waals surface area (Å²) in [6.07, 6.45) is 3.84. The van der Waals surface area contributed by atoms with E-state index in [0.29, 0.717) is 18.9 Å². The normalized spacial score (nSPS) is 26.4. The first kappa shape index (κ1) is 15.3. The Morgan fingerprint density at radius 1 is 1.29 bits per heavy atom. The molecule has 0 aromatic heterocycles. The molecule has 2 unspecified atom stereocenters. The van der Waals surface area contributed by atoms with E-state index in [4.69, 9.17) is 11.6 Å². The lowest BCUT2D eigenvalue weighted by atomic mass is 9.94. The van der Waals surface area contributed by atoms with E-state index in [9.17, 15) is 8.42 Å². The van der Waals surface area contributed by atoms with Crippen LogP contribution in [0, 0.1) is 11.3 Å². The molecule has 0 spiro atoms. The molecule has 0 heterocycles. The first-order chi connectivity index (χ1) is 7.70. The van der Waals surface area contributed by atoms with Crippen LogP contribution >= 0.6 is 11.6 Å². The Kier molecular flexibility index (Phi) is 5.29. The van der Waals surface area contributed by atoms with E-state index >= 15 is 0 Å². The van der Waals surface area contributed by atoms with Crippen LogP contribution in [0.25, 0.3) is 0 Å². The van der Waals surface area contributed by atoms with Gasteiger partial charge in [0.1, 0.15) is 0 Å². The van der Waals surface area contributed by atoms with Gasteiger partial charge >= 0.3 is 0 Å². The van der Waals surface area contributed by atoms with Crippen LogP contribution in [0.1, 0.15) is 46.5 Å². The quantitative estimate of drug-likeness (QED) is 0.788. The summed E-state index contributed by atoms with van der Waals surface area (Å²) in [5.41, 5.74) is 0.0527. The minimum atomic E-state index is -3.13. The number of hydrogen-bond donors (Lipinski definition) is 1. The fourth-order valence-electron chi connectivity index (χ4n) is 1.97. The second kappa shape index (κ2) is 5.89. The molecule has 2 atom stereocenters. The molecule has 102 valence electrons. The molecule has 1 aliphatic carbocycles. The van der Waals surface area contributed by atoms with Crippen LogP contribution in [-0.4, -0.2) is 26.1 Å². The van der Waals surface area contributed by atoms with Crippen LogP contribution in [0.3, 0.4) is 0 Å². The summed E-state index contributed by atoms with van der Waals surface area (Å²) in [4.78, 5) is 0. The number of rotatable bonds is 5. The van der Waals surface area contributed by atoms with E-state index in [1.807, 2.05) is 20.8 Å². The van der Waals surface area contributed by atoms with E-state index in [0.717, 1.165) is 19.3 Å². The standard InChI is InChI=1S/C12H24ClNO2S/c1-12(2,3)7-8-17(15,16)14-9-10-5-4-6-11(10)13/h10-11,14H,4-9H2,1-3H3. The zero-order valence-corrected chi connectivity index (χ0v) is 12.6. The summed E-state index contributed by atoms with van der Waals surface area (Å²) in [6, 6.07) is 0. The fourth-order valence-corrected chi connectivity index (χ4v) is 3.83. The van der Waals surface area contributed by atoms with E-state index in [1.54, 1.807) is 0 Å². The van der Waals surface area contributed by atoms with Crippen molar-refractivity contribution in [1.29, 1.82) is 0 Å². The molecule has 1 rings (SSSR count). The highest BCUT2D eigenvalue weighted by Gasteiger charge is 2.26. The van der Waals surface area contributed by atoms with Crippen LogP contribution in [0.15, 0.2) is 0 Å². The van der Waals surface area contributed by atoms with Gasteiger partial charge in [-0.25, -0.2) is 13.1 Å². The van der Waals surface area contributed by atoms with Crippen molar-refractivity contribution in [3.05, 3.63) is 0 Å². The van der Waals surface area contributed by atoms with Gasteiger partial charge in [-0.1, -0.05) is 27.2 Å². The Morgan fingerprint density at radius 3 is 2.41 bits per heavy atom.